The van der Waals surface area contributed by atoms with Gasteiger partial charge in [0.15, 0.2) is 0 Å². The van der Waals surface area contributed by atoms with E-state index in [1.54, 1.807) is 0 Å². The van der Waals surface area contributed by atoms with Gasteiger partial charge >= 0.3 is 5.97 Å². The molecule has 0 spiro atoms. The summed E-state index contributed by atoms with van der Waals surface area (Å²) in [5.74, 6) is -0.891. The van der Waals surface area contributed by atoms with E-state index in [2.05, 4.69) is 25.9 Å². The molecule has 0 aliphatic heterocycles. The zero-order valence-corrected chi connectivity index (χ0v) is 9.23. The van der Waals surface area contributed by atoms with Crippen LogP contribution in [0.25, 0.3) is 10.9 Å². The summed E-state index contributed by atoms with van der Waals surface area (Å²) in [6.45, 7) is 0. The average Bonchev–Trinajstić information content (AvgIpc) is 2.16. The zero-order chi connectivity index (χ0) is 10.8. The Morgan fingerprint density at radius 3 is 2.93 bits per heavy atom. The molecule has 0 saturated heterocycles. The van der Waals surface area contributed by atoms with Crippen molar-refractivity contribution in [2.75, 3.05) is 0 Å². The van der Waals surface area contributed by atoms with Crippen molar-refractivity contribution in [3.63, 3.8) is 0 Å². The summed E-state index contributed by atoms with van der Waals surface area (Å²) in [5, 5.41) is 9.49. The number of hydrogen-bond donors (Lipinski definition) is 1. The molecule has 76 valence electrons. The topological polar surface area (TPSA) is 63.1 Å². The zero-order valence-electron chi connectivity index (χ0n) is 7.64. The molecular weight excluding hydrogens is 260 g/mol. The monoisotopic (exact) mass is 266 g/mol. The molecule has 0 aliphatic carbocycles. The quantitative estimate of drug-likeness (QED) is 0.904. The molecule has 0 bridgehead atoms. The van der Waals surface area contributed by atoms with E-state index < -0.39 is 5.97 Å². The fourth-order valence-corrected chi connectivity index (χ4v) is 1.72. The molecular formula is C10H7BrN2O2. The Balaban J connectivity index is 2.60. The van der Waals surface area contributed by atoms with Crippen LogP contribution in [0.15, 0.2) is 29.0 Å². The summed E-state index contributed by atoms with van der Waals surface area (Å²) in [6.07, 6.45) is 1.30. The van der Waals surface area contributed by atoms with Crippen molar-refractivity contribution in [1.29, 1.82) is 0 Å². The minimum Gasteiger partial charge on any atom is -0.481 e. The van der Waals surface area contributed by atoms with Gasteiger partial charge in [-0.15, -0.1) is 0 Å². The van der Waals surface area contributed by atoms with Gasteiger partial charge in [0.1, 0.15) is 6.33 Å². The molecule has 2 rings (SSSR count). The van der Waals surface area contributed by atoms with Crippen LogP contribution >= 0.6 is 15.9 Å². The van der Waals surface area contributed by atoms with Crippen LogP contribution in [0.4, 0.5) is 0 Å². The fraction of sp³-hybridized carbons (Fsp3) is 0.100. The van der Waals surface area contributed by atoms with E-state index in [1.807, 2.05) is 18.2 Å². The number of nitrogens with zero attached hydrogens (tertiary/aromatic N) is 2. The summed E-state index contributed by atoms with van der Waals surface area (Å²) < 4.78 is 0.912. The van der Waals surface area contributed by atoms with Crippen LogP contribution in [0, 0.1) is 0 Å². The lowest BCUT2D eigenvalue weighted by molar-refractivity contribution is -0.136. The second-order valence-electron chi connectivity index (χ2n) is 3.05. The first-order chi connectivity index (χ1) is 7.16. The Hall–Kier alpha value is -1.49. The van der Waals surface area contributed by atoms with Crippen LogP contribution in [0.3, 0.4) is 0 Å². The van der Waals surface area contributed by atoms with Crippen molar-refractivity contribution < 1.29 is 9.90 Å². The first kappa shape index (κ1) is 10.0. The third kappa shape index (κ3) is 2.12. The first-order valence-electron chi connectivity index (χ1n) is 4.28. The lowest BCUT2D eigenvalue weighted by Crippen LogP contribution is -2.03. The molecule has 0 unspecified atom stereocenters. The SMILES string of the molecule is O=C(O)Cc1ncnc2cc(Br)ccc12. The second-order valence-corrected chi connectivity index (χ2v) is 3.97. The first-order valence-corrected chi connectivity index (χ1v) is 5.07. The number of fused-ring (bicyclic) bond motifs is 1. The third-order valence-corrected chi connectivity index (χ3v) is 2.49. The normalized spacial score (nSPS) is 10.5. The van der Waals surface area contributed by atoms with E-state index in [1.165, 1.54) is 6.33 Å². The standard InChI is InChI=1S/C10H7BrN2O2/c11-6-1-2-7-8(3-6)12-5-13-9(7)4-10(14)15/h1-3,5H,4H2,(H,14,15). The minimum atomic E-state index is -0.891. The van der Waals surface area contributed by atoms with E-state index in [9.17, 15) is 4.79 Å². The molecule has 0 saturated carbocycles. The van der Waals surface area contributed by atoms with E-state index in [0.29, 0.717) is 5.69 Å². The third-order valence-electron chi connectivity index (χ3n) is 2.00. The van der Waals surface area contributed by atoms with E-state index in [-0.39, 0.29) is 6.42 Å². The van der Waals surface area contributed by atoms with Gasteiger partial charge in [0.05, 0.1) is 17.6 Å². The number of carbonyl (C=O) groups is 1. The molecule has 2 aromatic rings. The van der Waals surface area contributed by atoms with Crippen LogP contribution in [-0.4, -0.2) is 21.0 Å². The fourth-order valence-electron chi connectivity index (χ4n) is 1.37. The summed E-state index contributed by atoms with van der Waals surface area (Å²) in [4.78, 5) is 18.7. The lowest BCUT2D eigenvalue weighted by Gasteiger charge is -2.02. The molecule has 1 N–H and O–H groups in total. The van der Waals surface area contributed by atoms with E-state index >= 15 is 0 Å². The van der Waals surface area contributed by atoms with Gasteiger partial charge in [-0.3, -0.25) is 4.79 Å². The highest BCUT2D eigenvalue weighted by molar-refractivity contribution is 9.10. The predicted molar refractivity (Wildman–Crippen MR) is 58.6 cm³/mol. The largest absolute Gasteiger partial charge is 0.481 e. The minimum absolute atomic E-state index is 0.0827. The number of carboxylic acids is 1. The Bertz CT molecular complexity index is 528. The number of rotatable bonds is 2. The summed E-state index contributed by atoms with van der Waals surface area (Å²) in [7, 11) is 0. The number of aromatic nitrogens is 2. The molecule has 15 heavy (non-hydrogen) atoms. The second kappa shape index (κ2) is 3.94. The lowest BCUT2D eigenvalue weighted by atomic mass is 10.1. The molecule has 0 amide bonds. The van der Waals surface area contributed by atoms with Crippen LogP contribution in [0.1, 0.15) is 5.69 Å². The van der Waals surface area contributed by atoms with Gasteiger partial charge in [0.2, 0.25) is 0 Å². The molecule has 5 heteroatoms. The highest BCUT2D eigenvalue weighted by Gasteiger charge is 2.07. The highest BCUT2D eigenvalue weighted by Crippen LogP contribution is 2.19. The van der Waals surface area contributed by atoms with Gasteiger partial charge in [-0.1, -0.05) is 15.9 Å². The van der Waals surface area contributed by atoms with E-state index in [0.717, 1.165) is 15.4 Å². The Kier molecular flexibility index (Phi) is 2.64. The molecule has 1 aromatic heterocycles. The van der Waals surface area contributed by atoms with Crippen molar-refractivity contribution in [1.82, 2.24) is 9.97 Å². The maximum absolute atomic E-state index is 10.6. The number of hydrogen-bond acceptors (Lipinski definition) is 3. The summed E-state index contributed by atoms with van der Waals surface area (Å²) in [5.41, 5.74) is 1.29. The van der Waals surface area contributed by atoms with Crippen molar-refractivity contribution >= 4 is 32.8 Å². The molecule has 0 atom stereocenters. The van der Waals surface area contributed by atoms with Crippen molar-refractivity contribution in [3.8, 4) is 0 Å². The van der Waals surface area contributed by atoms with Crippen LogP contribution in [0.5, 0.6) is 0 Å². The van der Waals surface area contributed by atoms with Gasteiger partial charge in [-0.2, -0.15) is 0 Å². The van der Waals surface area contributed by atoms with Crippen molar-refractivity contribution in [2.45, 2.75) is 6.42 Å². The van der Waals surface area contributed by atoms with Gasteiger partial charge in [-0.25, -0.2) is 9.97 Å². The van der Waals surface area contributed by atoms with Crippen molar-refractivity contribution in [2.24, 2.45) is 0 Å². The smallest absolute Gasteiger partial charge is 0.309 e. The Morgan fingerprint density at radius 2 is 2.20 bits per heavy atom. The van der Waals surface area contributed by atoms with Crippen molar-refractivity contribution in [3.05, 3.63) is 34.7 Å². The summed E-state index contributed by atoms with van der Waals surface area (Å²) >= 11 is 3.33. The number of carboxylic acid groups (broad SMARTS) is 1. The van der Waals surface area contributed by atoms with Crippen LogP contribution in [0.2, 0.25) is 0 Å². The molecule has 0 fully saturated rings. The maximum Gasteiger partial charge on any atom is 0.309 e. The van der Waals surface area contributed by atoms with E-state index in [4.69, 9.17) is 5.11 Å². The van der Waals surface area contributed by atoms with Crippen LogP contribution < -0.4 is 0 Å². The molecule has 0 aliphatic rings. The number of benzene rings is 1. The Morgan fingerprint density at radius 1 is 1.40 bits per heavy atom. The maximum atomic E-state index is 10.6. The predicted octanol–water partition coefficient (Wildman–Crippen LogP) is 2.02. The molecule has 1 aromatic carbocycles. The van der Waals surface area contributed by atoms with Gasteiger partial charge in [0.25, 0.3) is 0 Å². The molecule has 4 nitrogen and oxygen atoms in total. The van der Waals surface area contributed by atoms with Crippen LogP contribution in [-0.2, 0) is 11.2 Å². The number of halogens is 1. The van der Waals surface area contributed by atoms with Gasteiger partial charge in [-0.05, 0) is 18.2 Å². The molecule has 0 radical (unpaired) electrons. The van der Waals surface area contributed by atoms with Gasteiger partial charge < -0.3 is 5.11 Å². The van der Waals surface area contributed by atoms with Gasteiger partial charge in [0, 0.05) is 9.86 Å². The Labute approximate surface area is 94.1 Å². The average molecular weight is 267 g/mol. The summed E-state index contributed by atoms with van der Waals surface area (Å²) in [6, 6.07) is 5.50. The number of aliphatic carboxylic acids is 1. The highest BCUT2D eigenvalue weighted by atomic mass is 79.9. The molecule has 1 heterocycles.